The average molecular weight is 334 g/mol. The lowest BCUT2D eigenvalue weighted by atomic mass is 9.90. The Morgan fingerprint density at radius 1 is 1.08 bits per heavy atom. The maximum Gasteiger partial charge on any atom is 0.251 e. The van der Waals surface area contributed by atoms with Gasteiger partial charge in [0.1, 0.15) is 0 Å². The molecule has 0 bridgehead atoms. The van der Waals surface area contributed by atoms with Crippen LogP contribution in [0.3, 0.4) is 0 Å². The number of aliphatic hydroxyl groups is 1. The number of rotatable bonds is 5. The zero-order valence-corrected chi connectivity index (χ0v) is 16.1. The number of aliphatic hydroxyl groups excluding tert-OH is 1. The lowest BCUT2D eigenvalue weighted by Gasteiger charge is -2.17. The predicted molar refractivity (Wildman–Crippen MR) is 101 cm³/mol. The second kappa shape index (κ2) is 10.5. The molecule has 0 fully saturated rings. The topological polar surface area (TPSA) is 49.3 Å². The Labute approximate surface area is 147 Å². The van der Waals surface area contributed by atoms with Crippen LogP contribution in [0.2, 0.25) is 0 Å². The van der Waals surface area contributed by atoms with Crippen LogP contribution in [-0.4, -0.2) is 23.2 Å². The summed E-state index contributed by atoms with van der Waals surface area (Å²) in [6.07, 6.45) is 6.73. The van der Waals surface area contributed by atoms with E-state index in [2.05, 4.69) is 31.3 Å². The third-order valence-corrected chi connectivity index (χ3v) is 5.07. The summed E-state index contributed by atoms with van der Waals surface area (Å²) in [6, 6.07) is 6.41. The highest BCUT2D eigenvalue weighted by molar-refractivity contribution is 5.94. The molecule has 0 heterocycles. The van der Waals surface area contributed by atoms with Crippen LogP contribution in [-0.2, 0) is 12.8 Å². The summed E-state index contributed by atoms with van der Waals surface area (Å²) >= 11 is 0. The maximum absolute atomic E-state index is 12.0. The van der Waals surface area contributed by atoms with Crippen molar-refractivity contribution in [3.8, 4) is 0 Å². The second-order valence-corrected chi connectivity index (χ2v) is 7.10. The van der Waals surface area contributed by atoms with Gasteiger partial charge in [-0.2, -0.15) is 0 Å². The van der Waals surface area contributed by atoms with Gasteiger partial charge in [0.05, 0.1) is 6.10 Å². The number of hydrogen-bond acceptors (Lipinski definition) is 2. The van der Waals surface area contributed by atoms with Crippen molar-refractivity contribution < 1.29 is 9.90 Å². The third-order valence-electron chi connectivity index (χ3n) is 5.07. The fourth-order valence-electron chi connectivity index (χ4n) is 2.62. The molecule has 0 spiro atoms. The molecule has 1 amide bonds. The van der Waals surface area contributed by atoms with Gasteiger partial charge < -0.3 is 10.4 Å². The van der Waals surface area contributed by atoms with Gasteiger partial charge in [-0.3, -0.25) is 4.79 Å². The van der Waals surface area contributed by atoms with E-state index in [0.29, 0.717) is 5.92 Å². The van der Waals surface area contributed by atoms with E-state index < -0.39 is 0 Å². The van der Waals surface area contributed by atoms with Gasteiger partial charge in [-0.15, -0.1) is 0 Å². The van der Waals surface area contributed by atoms with Crippen molar-refractivity contribution in [3.05, 3.63) is 34.9 Å². The van der Waals surface area contributed by atoms with Crippen LogP contribution in [0.4, 0.5) is 0 Å². The predicted octanol–water partition coefficient (Wildman–Crippen LogP) is 4.51. The van der Waals surface area contributed by atoms with Gasteiger partial charge in [0.15, 0.2) is 0 Å². The molecule has 24 heavy (non-hydrogen) atoms. The van der Waals surface area contributed by atoms with Gasteiger partial charge >= 0.3 is 0 Å². The summed E-state index contributed by atoms with van der Waals surface area (Å²) in [5.41, 5.74) is 3.61. The molecule has 1 unspecified atom stereocenters. The molecule has 1 aliphatic rings. The summed E-state index contributed by atoms with van der Waals surface area (Å²) in [6.45, 7) is 10.1. The molecule has 0 saturated heterocycles. The lowest BCUT2D eigenvalue weighted by molar-refractivity contribution is 0.0939. The number of carbonyl (C=O) groups is 1. The van der Waals surface area contributed by atoms with Gasteiger partial charge in [0.25, 0.3) is 5.91 Å². The van der Waals surface area contributed by atoms with E-state index in [0.717, 1.165) is 24.8 Å². The first kappa shape index (κ1) is 20.7. The van der Waals surface area contributed by atoms with Crippen LogP contribution in [0.5, 0.6) is 0 Å². The summed E-state index contributed by atoms with van der Waals surface area (Å²) in [7, 11) is 0. The van der Waals surface area contributed by atoms with Gasteiger partial charge in [0, 0.05) is 11.6 Å². The molecule has 1 aromatic rings. The molecular formula is C21H35NO2. The Morgan fingerprint density at radius 2 is 1.71 bits per heavy atom. The van der Waals surface area contributed by atoms with Crippen molar-refractivity contribution in [1.82, 2.24) is 5.32 Å². The molecule has 136 valence electrons. The van der Waals surface area contributed by atoms with E-state index in [1.807, 2.05) is 26.8 Å². The quantitative estimate of drug-likeness (QED) is 0.833. The molecule has 2 rings (SSSR count). The molecular weight excluding hydrogens is 298 g/mol. The zero-order valence-electron chi connectivity index (χ0n) is 16.1. The average Bonchev–Trinajstić information content (AvgIpc) is 2.60. The minimum absolute atomic E-state index is 0.0627. The summed E-state index contributed by atoms with van der Waals surface area (Å²) in [4.78, 5) is 12.0. The normalized spacial score (nSPS) is 16.9. The van der Waals surface area contributed by atoms with Gasteiger partial charge in [-0.1, -0.05) is 33.3 Å². The number of carbonyl (C=O) groups excluding carboxylic acids is 1. The molecule has 1 aromatic carbocycles. The Bertz CT molecular complexity index is 511. The van der Waals surface area contributed by atoms with Crippen LogP contribution < -0.4 is 5.32 Å². The Kier molecular flexibility index (Phi) is 9.05. The molecule has 3 atom stereocenters. The van der Waals surface area contributed by atoms with E-state index in [1.165, 1.54) is 30.4 Å². The first-order valence-corrected chi connectivity index (χ1v) is 9.49. The van der Waals surface area contributed by atoms with Crippen LogP contribution in [0.25, 0.3) is 0 Å². The fraction of sp³-hybridized carbons (Fsp3) is 0.667. The Balaban J connectivity index is 0.000000351. The largest absolute Gasteiger partial charge is 0.393 e. The van der Waals surface area contributed by atoms with Gasteiger partial charge in [-0.25, -0.2) is 0 Å². The smallest absolute Gasteiger partial charge is 0.251 e. The van der Waals surface area contributed by atoms with Crippen molar-refractivity contribution in [3.63, 3.8) is 0 Å². The zero-order chi connectivity index (χ0) is 18.1. The number of amides is 1. The Morgan fingerprint density at radius 3 is 2.21 bits per heavy atom. The third kappa shape index (κ3) is 6.64. The van der Waals surface area contributed by atoms with Crippen molar-refractivity contribution in [2.45, 2.75) is 85.3 Å². The van der Waals surface area contributed by atoms with Crippen LogP contribution in [0, 0.1) is 5.92 Å². The SMILES string of the molecule is CC[C@H](C)C(C)O.CC[C@H](C)NC(=O)c1ccc2c(c1)CCCC2. The van der Waals surface area contributed by atoms with Crippen molar-refractivity contribution >= 4 is 5.91 Å². The highest BCUT2D eigenvalue weighted by atomic mass is 16.3. The molecule has 0 radical (unpaired) electrons. The monoisotopic (exact) mass is 333 g/mol. The van der Waals surface area contributed by atoms with Crippen molar-refractivity contribution in [2.24, 2.45) is 5.92 Å². The highest BCUT2D eigenvalue weighted by Crippen LogP contribution is 2.22. The van der Waals surface area contributed by atoms with Crippen LogP contribution in [0.1, 0.15) is 81.8 Å². The first-order valence-electron chi connectivity index (χ1n) is 9.49. The minimum Gasteiger partial charge on any atom is -0.393 e. The Hall–Kier alpha value is -1.35. The summed E-state index contributed by atoms with van der Waals surface area (Å²) in [5.74, 6) is 0.521. The second-order valence-electron chi connectivity index (χ2n) is 7.10. The summed E-state index contributed by atoms with van der Waals surface area (Å²) in [5, 5.41) is 11.8. The van der Waals surface area contributed by atoms with Crippen LogP contribution >= 0.6 is 0 Å². The number of fused-ring (bicyclic) bond motifs is 1. The molecule has 0 aromatic heterocycles. The highest BCUT2D eigenvalue weighted by Gasteiger charge is 2.13. The lowest BCUT2D eigenvalue weighted by Crippen LogP contribution is -2.32. The number of aryl methyl sites for hydroxylation is 2. The maximum atomic E-state index is 12.0. The van der Waals surface area contributed by atoms with Gasteiger partial charge in [-0.05, 0) is 75.1 Å². The molecule has 3 heteroatoms. The van der Waals surface area contributed by atoms with E-state index in [1.54, 1.807) is 0 Å². The molecule has 3 nitrogen and oxygen atoms in total. The molecule has 1 aliphatic carbocycles. The fourth-order valence-corrected chi connectivity index (χ4v) is 2.62. The van der Waals surface area contributed by atoms with Crippen LogP contribution in [0.15, 0.2) is 18.2 Å². The van der Waals surface area contributed by atoms with Crippen molar-refractivity contribution in [1.29, 1.82) is 0 Å². The number of hydrogen-bond donors (Lipinski definition) is 2. The molecule has 0 saturated carbocycles. The minimum atomic E-state index is -0.134. The molecule has 2 N–H and O–H groups in total. The van der Waals surface area contributed by atoms with Gasteiger partial charge in [0.2, 0.25) is 0 Å². The summed E-state index contributed by atoms with van der Waals surface area (Å²) < 4.78 is 0. The number of nitrogens with one attached hydrogen (secondary N) is 1. The van der Waals surface area contributed by atoms with E-state index >= 15 is 0 Å². The van der Waals surface area contributed by atoms with E-state index in [9.17, 15) is 4.79 Å². The number of benzene rings is 1. The molecule has 0 aliphatic heterocycles. The van der Waals surface area contributed by atoms with Crippen molar-refractivity contribution in [2.75, 3.05) is 0 Å². The standard InChI is InChI=1S/C15H21NO.C6H14O/c1-3-11(2)16-15(17)14-9-8-12-6-4-5-7-13(12)10-14;1-4-5(2)6(3)7/h8-11H,3-7H2,1-2H3,(H,16,17);5-7H,4H2,1-3H3/t11-;5-,6?/m00/s1. The first-order chi connectivity index (χ1) is 11.4. The van der Waals surface area contributed by atoms with E-state index in [4.69, 9.17) is 5.11 Å². The van der Waals surface area contributed by atoms with E-state index in [-0.39, 0.29) is 18.1 Å².